The molecule has 0 saturated carbocycles. The van der Waals surface area contributed by atoms with Gasteiger partial charge in [0.05, 0.1) is 0 Å². The van der Waals surface area contributed by atoms with Gasteiger partial charge in [0, 0.05) is 12.0 Å². The summed E-state index contributed by atoms with van der Waals surface area (Å²) >= 11 is 16.3. The molecule has 0 bridgehead atoms. The molecular formula is C6H10Cl3OP. The van der Waals surface area contributed by atoms with Crippen molar-refractivity contribution in [1.29, 1.82) is 0 Å². The summed E-state index contributed by atoms with van der Waals surface area (Å²) in [6.45, 7) is 3.70. The minimum Gasteiger partial charge on any atom is -0.289 e. The van der Waals surface area contributed by atoms with Crippen molar-refractivity contribution in [3.05, 3.63) is 11.1 Å². The Hall–Kier alpha value is 0.840. The zero-order chi connectivity index (χ0) is 9.07. The van der Waals surface area contributed by atoms with Crippen molar-refractivity contribution in [2.24, 2.45) is 0 Å². The number of halogens is 3. The van der Waals surface area contributed by atoms with Gasteiger partial charge in [-0.05, 0) is 36.3 Å². The second-order valence-electron chi connectivity index (χ2n) is 2.42. The Labute approximate surface area is 81.7 Å². The van der Waals surface area contributed by atoms with E-state index < -0.39 is 5.85 Å². The van der Waals surface area contributed by atoms with Gasteiger partial charge in [0.1, 0.15) is 0 Å². The second-order valence-corrected chi connectivity index (χ2v) is 7.94. The van der Waals surface area contributed by atoms with E-state index in [1.165, 1.54) is 0 Å². The third-order valence-electron chi connectivity index (χ3n) is 1.35. The summed E-state index contributed by atoms with van der Waals surface area (Å²) in [7, 11) is 0. The van der Waals surface area contributed by atoms with Gasteiger partial charge in [-0.25, -0.2) is 0 Å². The Kier molecular flexibility index (Phi) is 5.13. The quantitative estimate of drug-likeness (QED) is 0.406. The van der Waals surface area contributed by atoms with Gasteiger partial charge in [0.2, 0.25) is 0 Å². The van der Waals surface area contributed by atoms with Crippen molar-refractivity contribution >= 4 is 39.9 Å². The topological polar surface area (TPSA) is 17.1 Å². The molecule has 5 heteroatoms. The van der Waals surface area contributed by atoms with Gasteiger partial charge in [-0.3, -0.25) is 4.57 Å². The van der Waals surface area contributed by atoms with Crippen LogP contribution in [-0.2, 0) is 4.57 Å². The molecule has 0 rings (SSSR count). The van der Waals surface area contributed by atoms with Gasteiger partial charge in [-0.2, -0.15) is 0 Å². The normalized spacial score (nSPS) is 14.6. The molecule has 0 aliphatic heterocycles. The highest BCUT2D eigenvalue weighted by Crippen LogP contribution is 2.57. The van der Waals surface area contributed by atoms with Crippen LogP contribution in [0.1, 0.15) is 13.8 Å². The molecule has 0 aromatic rings. The maximum atomic E-state index is 10.9. The van der Waals surface area contributed by atoms with Crippen LogP contribution in [0.15, 0.2) is 11.1 Å². The molecule has 0 fully saturated rings. The molecule has 1 nitrogen and oxygen atoms in total. The van der Waals surface area contributed by atoms with Crippen LogP contribution in [0.2, 0.25) is 0 Å². The predicted molar refractivity (Wildman–Crippen MR) is 53.3 cm³/mol. The molecule has 0 atom stereocenters. The van der Waals surface area contributed by atoms with Gasteiger partial charge >= 0.3 is 0 Å². The molecule has 0 amide bonds. The molecule has 0 spiro atoms. The Balaban J connectivity index is 4.29. The number of hydrogen-bond acceptors (Lipinski definition) is 1. The fourth-order valence-electron chi connectivity index (χ4n) is 0.525. The lowest BCUT2D eigenvalue weighted by Gasteiger charge is -2.04. The smallest absolute Gasteiger partial charge is 0.257 e. The van der Waals surface area contributed by atoms with E-state index in [0.29, 0.717) is 5.88 Å². The molecule has 0 radical (unpaired) electrons. The van der Waals surface area contributed by atoms with Crippen molar-refractivity contribution in [3.63, 3.8) is 0 Å². The summed E-state index contributed by atoms with van der Waals surface area (Å²) in [6.07, 6.45) is 0.231. The molecule has 0 unspecified atom stereocenters. The molecule has 0 aliphatic rings. The summed E-state index contributed by atoms with van der Waals surface area (Å²) in [5.74, 6) is -2.53. The van der Waals surface area contributed by atoms with Crippen molar-refractivity contribution < 1.29 is 4.57 Å². The first kappa shape index (κ1) is 11.8. The zero-order valence-corrected chi connectivity index (χ0v) is 9.57. The van der Waals surface area contributed by atoms with Gasteiger partial charge in [0.15, 0.2) is 0 Å². The van der Waals surface area contributed by atoms with Gasteiger partial charge in [0.25, 0.3) is 5.85 Å². The first-order valence-corrected chi connectivity index (χ1v) is 7.30. The average molecular weight is 235 g/mol. The van der Waals surface area contributed by atoms with Crippen LogP contribution in [0.3, 0.4) is 0 Å². The summed E-state index contributed by atoms with van der Waals surface area (Å²) in [5.41, 5.74) is 1.89. The number of rotatable bonds is 3. The van der Waals surface area contributed by atoms with Crippen LogP contribution in [0, 0.1) is 0 Å². The average Bonchev–Trinajstić information content (AvgIpc) is 1.82. The van der Waals surface area contributed by atoms with Crippen LogP contribution < -0.4 is 0 Å². The van der Waals surface area contributed by atoms with Gasteiger partial charge in [-0.1, -0.05) is 11.1 Å². The molecule has 66 valence electrons. The molecule has 0 aromatic heterocycles. The lowest BCUT2D eigenvalue weighted by molar-refractivity contribution is 0.593. The molecule has 0 heterocycles. The van der Waals surface area contributed by atoms with Crippen LogP contribution in [0.25, 0.3) is 0 Å². The highest BCUT2D eigenvalue weighted by molar-refractivity contribution is 8.08. The number of allylic oxidation sites excluding steroid dienone is 2. The van der Waals surface area contributed by atoms with Crippen LogP contribution >= 0.6 is 39.9 Å². The molecular weight excluding hydrogens is 225 g/mol. The van der Waals surface area contributed by atoms with E-state index >= 15 is 0 Å². The van der Waals surface area contributed by atoms with E-state index in [-0.39, 0.29) is 6.16 Å². The zero-order valence-electron chi connectivity index (χ0n) is 6.40. The van der Waals surface area contributed by atoms with Crippen molar-refractivity contribution in [2.45, 2.75) is 13.8 Å². The van der Waals surface area contributed by atoms with E-state index in [9.17, 15) is 4.57 Å². The Bertz CT molecular complexity index is 206. The standard InChI is InChI=1S/C6H10Cl3OP/c1-5(3-7)6(2)4-11(8,9)10/h3-4H2,1-2H3/b6-5+. The number of alkyl halides is 1. The van der Waals surface area contributed by atoms with Gasteiger partial charge < -0.3 is 0 Å². The minimum atomic E-state index is -2.96. The van der Waals surface area contributed by atoms with Crippen molar-refractivity contribution in [2.75, 3.05) is 12.0 Å². The van der Waals surface area contributed by atoms with E-state index in [2.05, 4.69) is 0 Å². The summed E-state index contributed by atoms with van der Waals surface area (Å²) in [6, 6.07) is 0. The maximum absolute atomic E-state index is 10.9. The fourth-order valence-corrected chi connectivity index (χ4v) is 2.65. The first-order valence-electron chi connectivity index (χ1n) is 3.06. The largest absolute Gasteiger partial charge is 0.289 e. The molecule has 0 N–H and O–H groups in total. The molecule has 0 aromatic carbocycles. The summed E-state index contributed by atoms with van der Waals surface area (Å²) in [4.78, 5) is 0. The Morgan fingerprint density at radius 2 is 1.73 bits per heavy atom. The summed E-state index contributed by atoms with van der Waals surface area (Å²) in [5, 5.41) is 0. The van der Waals surface area contributed by atoms with Gasteiger partial charge in [-0.15, -0.1) is 11.6 Å². The Morgan fingerprint density at radius 3 is 2.00 bits per heavy atom. The predicted octanol–water partition coefficient (Wildman–Crippen LogP) is 4.23. The van der Waals surface area contributed by atoms with Crippen LogP contribution in [0.5, 0.6) is 0 Å². The van der Waals surface area contributed by atoms with Crippen molar-refractivity contribution in [3.8, 4) is 0 Å². The second kappa shape index (κ2) is 4.77. The highest BCUT2D eigenvalue weighted by Gasteiger charge is 2.14. The van der Waals surface area contributed by atoms with E-state index in [0.717, 1.165) is 11.1 Å². The van der Waals surface area contributed by atoms with E-state index in [4.69, 9.17) is 34.1 Å². The lowest BCUT2D eigenvalue weighted by Crippen LogP contribution is -1.89. The maximum Gasteiger partial charge on any atom is 0.257 e. The SMILES string of the molecule is C/C(CCl)=C(/C)CP(=O)(Cl)Cl. The molecule has 0 saturated heterocycles. The Morgan fingerprint density at radius 1 is 1.27 bits per heavy atom. The third-order valence-corrected chi connectivity index (χ3v) is 3.31. The van der Waals surface area contributed by atoms with Crippen molar-refractivity contribution in [1.82, 2.24) is 0 Å². The fraction of sp³-hybridized carbons (Fsp3) is 0.667. The third kappa shape index (κ3) is 6.04. The van der Waals surface area contributed by atoms with Crippen LogP contribution in [-0.4, -0.2) is 12.0 Å². The van der Waals surface area contributed by atoms with Crippen LogP contribution in [0.4, 0.5) is 0 Å². The van der Waals surface area contributed by atoms with E-state index in [1.54, 1.807) is 0 Å². The lowest BCUT2D eigenvalue weighted by atomic mass is 10.2. The number of hydrogen-bond donors (Lipinski definition) is 0. The first-order chi connectivity index (χ1) is 4.87. The minimum absolute atomic E-state index is 0.231. The molecule has 11 heavy (non-hydrogen) atoms. The monoisotopic (exact) mass is 234 g/mol. The highest BCUT2D eigenvalue weighted by atomic mass is 35.9. The summed E-state index contributed by atoms with van der Waals surface area (Å²) < 4.78 is 10.9. The van der Waals surface area contributed by atoms with E-state index in [1.807, 2.05) is 13.8 Å². The molecule has 0 aliphatic carbocycles.